The third kappa shape index (κ3) is 5.07. The Kier molecular flexibility index (Phi) is 5.48. The highest BCUT2D eigenvalue weighted by Crippen LogP contribution is 2.09. The second-order valence-electron chi connectivity index (χ2n) is 4.86. The molecule has 104 valence electrons. The van der Waals surface area contributed by atoms with E-state index in [0.717, 1.165) is 5.56 Å². The number of aryl methyl sites for hydroxylation is 1. The van der Waals surface area contributed by atoms with Gasteiger partial charge in [0.1, 0.15) is 5.82 Å². The maximum absolute atomic E-state index is 13.5. The molecule has 2 amide bonds. The Morgan fingerprint density at radius 2 is 1.95 bits per heavy atom. The van der Waals surface area contributed by atoms with Gasteiger partial charge in [0.2, 0.25) is 5.91 Å². The lowest BCUT2D eigenvalue weighted by Crippen LogP contribution is -2.38. The molecule has 0 heterocycles. The molecule has 0 aliphatic heterocycles. The Morgan fingerprint density at radius 1 is 1.26 bits per heavy atom. The van der Waals surface area contributed by atoms with Gasteiger partial charge in [0.25, 0.3) is 5.91 Å². The predicted molar refractivity (Wildman–Crippen MR) is 71.3 cm³/mol. The second kappa shape index (κ2) is 6.87. The van der Waals surface area contributed by atoms with Gasteiger partial charge >= 0.3 is 0 Å². The summed E-state index contributed by atoms with van der Waals surface area (Å²) in [4.78, 5) is 23.1. The number of nitrogens with one attached hydrogen (secondary N) is 2. The highest BCUT2D eigenvalue weighted by atomic mass is 19.1. The second-order valence-corrected chi connectivity index (χ2v) is 4.86. The van der Waals surface area contributed by atoms with Gasteiger partial charge in [-0.25, -0.2) is 4.39 Å². The molecular weight excluding hydrogens is 247 g/mol. The van der Waals surface area contributed by atoms with Crippen molar-refractivity contribution >= 4 is 11.8 Å². The number of carbonyl (C=O) groups is 2. The molecule has 1 aromatic carbocycles. The minimum atomic E-state index is -0.586. The van der Waals surface area contributed by atoms with Gasteiger partial charge in [-0.15, -0.1) is 0 Å². The molecule has 0 unspecified atom stereocenters. The van der Waals surface area contributed by atoms with E-state index in [9.17, 15) is 14.0 Å². The Bertz CT molecular complexity index is 473. The van der Waals surface area contributed by atoms with E-state index in [2.05, 4.69) is 10.6 Å². The van der Waals surface area contributed by atoms with Crippen molar-refractivity contribution in [3.63, 3.8) is 0 Å². The van der Waals surface area contributed by atoms with Crippen LogP contribution in [0.25, 0.3) is 0 Å². The van der Waals surface area contributed by atoms with Gasteiger partial charge in [0.15, 0.2) is 0 Å². The highest BCUT2D eigenvalue weighted by Gasteiger charge is 2.12. The van der Waals surface area contributed by atoms with Crippen LogP contribution in [0.5, 0.6) is 0 Å². The van der Waals surface area contributed by atoms with Crippen molar-refractivity contribution in [1.29, 1.82) is 0 Å². The zero-order chi connectivity index (χ0) is 14.4. The first kappa shape index (κ1) is 15.1. The van der Waals surface area contributed by atoms with Crippen molar-refractivity contribution in [2.45, 2.75) is 20.8 Å². The lowest BCUT2D eigenvalue weighted by Gasteiger charge is -2.09. The lowest BCUT2D eigenvalue weighted by molar-refractivity contribution is -0.120. The fourth-order valence-corrected chi connectivity index (χ4v) is 1.44. The van der Waals surface area contributed by atoms with Gasteiger partial charge < -0.3 is 10.6 Å². The van der Waals surface area contributed by atoms with Gasteiger partial charge in [0.05, 0.1) is 12.1 Å². The number of rotatable bonds is 5. The van der Waals surface area contributed by atoms with E-state index in [4.69, 9.17) is 0 Å². The average molecular weight is 266 g/mol. The largest absolute Gasteiger partial charge is 0.354 e. The number of hydrogen-bond donors (Lipinski definition) is 2. The molecule has 1 aromatic rings. The van der Waals surface area contributed by atoms with Crippen LogP contribution in [-0.2, 0) is 4.79 Å². The summed E-state index contributed by atoms with van der Waals surface area (Å²) in [6.45, 7) is 6.08. The van der Waals surface area contributed by atoms with Crippen LogP contribution in [0.15, 0.2) is 18.2 Å². The summed E-state index contributed by atoms with van der Waals surface area (Å²) < 4.78 is 13.5. The molecule has 4 nitrogen and oxygen atoms in total. The third-order valence-electron chi connectivity index (χ3n) is 2.49. The Hall–Kier alpha value is -1.91. The number of halogens is 1. The molecule has 0 fully saturated rings. The molecule has 0 radical (unpaired) electrons. The van der Waals surface area contributed by atoms with E-state index >= 15 is 0 Å². The first-order valence-electron chi connectivity index (χ1n) is 6.21. The SMILES string of the molecule is Cc1ccc(C(=O)NCC(=O)NCC(C)C)c(F)c1. The van der Waals surface area contributed by atoms with E-state index in [1.165, 1.54) is 12.1 Å². The van der Waals surface area contributed by atoms with E-state index in [-0.39, 0.29) is 18.0 Å². The van der Waals surface area contributed by atoms with Crippen LogP contribution in [0.2, 0.25) is 0 Å². The van der Waals surface area contributed by atoms with Crippen LogP contribution >= 0.6 is 0 Å². The van der Waals surface area contributed by atoms with Crippen LogP contribution in [0.3, 0.4) is 0 Å². The first-order chi connectivity index (χ1) is 8.90. The number of hydrogen-bond acceptors (Lipinski definition) is 2. The van der Waals surface area contributed by atoms with Crippen LogP contribution in [0, 0.1) is 18.7 Å². The average Bonchev–Trinajstić information content (AvgIpc) is 2.33. The smallest absolute Gasteiger partial charge is 0.254 e. The summed E-state index contributed by atoms with van der Waals surface area (Å²) in [7, 11) is 0. The van der Waals surface area contributed by atoms with Gasteiger partial charge in [-0.2, -0.15) is 0 Å². The van der Waals surface area contributed by atoms with Gasteiger partial charge in [-0.1, -0.05) is 19.9 Å². The standard InChI is InChI=1S/C14H19FN2O2/c1-9(2)7-16-13(18)8-17-14(19)11-5-4-10(3)6-12(11)15/h4-6,9H,7-8H2,1-3H3,(H,16,18)(H,17,19). The summed E-state index contributed by atoms with van der Waals surface area (Å²) in [5, 5.41) is 5.06. The molecule has 0 aromatic heterocycles. The van der Waals surface area contributed by atoms with Gasteiger partial charge in [0, 0.05) is 6.54 Å². The number of carbonyl (C=O) groups excluding carboxylic acids is 2. The molecule has 19 heavy (non-hydrogen) atoms. The molecule has 0 bridgehead atoms. The molecule has 0 saturated heterocycles. The van der Waals surface area contributed by atoms with Crippen molar-refractivity contribution < 1.29 is 14.0 Å². The van der Waals surface area contributed by atoms with E-state index in [0.29, 0.717) is 12.5 Å². The summed E-state index contributed by atoms with van der Waals surface area (Å²) in [6.07, 6.45) is 0. The van der Waals surface area contributed by atoms with Gasteiger partial charge in [-0.3, -0.25) is 9.59 Å². The maximum atomic E-state index is 13.5. The molecule has 5 heteroatoms. The van der Waals surface area contributed by atoms with Gasteiger partial charge in [-0.05, 0) is 30.5 Å². The summed E-state index contributed by atoms with van der Waals surface area (Å²) in [5.74, 6) is -1.11. The summed E-state index contributed by atoms with van der Waals surface area (Å²) >= 11 is 0. The Labute approximate surface area is 112 Å². The topological polar surface area (TPSA) is 58.2 Å². The Morgan fingerprint density at radius 3 is 2.53 bits per heavy atom. The van der Waals surface area contributed by atoms with E-state index < -0.39 is 11.7 Å². The number of amides is 2. The van der Waals surface area contributed by atoms with Crippen LogP contribution in [0.4, 0.5) is 4.39 Å². The number of benzene rings is 1. The van der Waals surface area contributed by atoms with Crippen molar-refractivity contribution in [3.8, 4) is 0 Å². The quantitative estimate of drug-likeness (QED) is 0.851. The molecule has 0 aliphatic carbocycles. The molecule has 0 atom stereocenters. The van der Waals surface area contributed by atoms with Crippen molar-refractivity contribution in [3.05, 3.63) is 35.1 Å². The molecule has 0 aliphatic rings. The molecule has 1 rings (SSSR count). The van der Waals surface area contributed by atoms with E-state index in [1.807, 2.05) is 13.8 Å². The fraction of sp³-hybridized carbons (Fsp3) is 0.429. The van der Waals surface area contributed by atoms with Crippen molar-refractivity contribution in [1.82, 2.24) is 10.6 Å². The normalized spacial score (nSPS) is 10.4. The first-order valence-corrected chi connectivity index (χ1v) is 6.21. The predicted octanol–water partition coefficient (Wildman–Crippen LogP) is 1.64. The Balaban J connectivity index is 2.49. The van der Waals surface area contributed by atoms with Crippen LogP contribution in [0.1, 0.15) is 29.8 Å². The van der Waals surface area contributed by atoms with E-state index in [1.54, 1.807) is 13.0 Å². The minimum Gasteiger partial charge on any atom is -0.354 e. The lowest BCUT2D eigenvalue weighted by atomic mass is 10.1. The summed E-state index contributed by atoms with van der Waals surface area (Å²) in [5.41, 5.74) is 0.686. The highest BCUT2D eigenvalue weighted by molar-refractivity contribution is 5.96. The molecule has 0 saturated carbocycles. The molecular formula is C14H19FN2O2. The summed E-state index contributed by atoms with van der Waals surface area (Å²) in [6, 6.07) is 4.34. The van der Waals surface area contributed by atoms with Crippen molar-refractivity contribution in [2.75, 3.05) is 13.1 Å². The molecule has 2 N–H and O–H groups in total. The van der Waals surface area contributed by atoms with Crippen molar-refractivity contribution in [2.24, 2.45) is 5.92 Å². The third-order valence-corrected chi connectivity index (χ3v) is 2.49. The minimum absolute atomic E-state index is 0.0535. The van der Waals surface area contributed by atoms with Crippen LogP contribution in [-0.4, -0.2) is 24.9 Å². The molecule has 0 spiro atoms. The zero-order valence-electron chi connectivity index (χ0n) is 11.4. The zero-order valence-corrected chi connectivity index (χ0v) is 11.4. The monoisotopic (exact) mass is 266 g/mol. The maximum Gasteiger partial charge on any atom is 0.254 e. The fourth-order valence-electron chi connectivity index (χ4n) is 1.44. The van der Waals surface area contributed by atoms with Crippen LogP contribution < -0.4 is 10.6 Å².